The molecule has 0 aromatic carbocycles. The van der Waals surface area contributed by atoms with Crippen LogP contribution in [0.4, 0.5) is 0 Å². The summed E-state index contributed by atoms with van der Waals surface area (Å²) in [6.07, 6.45) is 6.87. The predicted octanol–water partition coefficient (Wildman–Crippen LogP) is 1.44. The van der Waals surface area contributed by atoms with Crippen molar-refractivity contribution in [3.05, 3.63) is 35.8 Å². The third-order valence-electron chi connectivity index (χ3n) is 1.45. The monoisotopic (exact) mass is 137 g/mol. The Labute approximate surface area is 60.8 Å². The van der Waals surface area contributed by atoms with E-state index in [9.17, 15) is 0 Å². The third-order valence-corrected chi connectivity index (χ3v) is 1.45. The van der Waals surface area contributed by atoms with Gasteiger partial charge in [-0.1, -0.05) is 6.08 Å². The maximum Gasteiger partial charge on any atom is 0.0884 e. The van der Waals surface area contributed by atoms with Gasteiger partial charge in [-0.3, -0.25) is 0 Å². The second kappa shape index (κ2) is 2.60. The summed E-state index contributed by atoms with van der Waals surface area (Å²) in [5.41, 5.74) is 1.91. The van der Waals surface area contributed by atoms with E-state index in [0.717, 1.165) is 17.5 Å². The number of hydrogen-bond acceptors (Lipinski definition) is 2. The number of hydrogen-bond donors (Lipinski definition) is 1. The number of aliphatic hydroxyl groups excluding tert-OH is 1. The molecule has 1 rings (SSSR count). The lowest BCUT2D eigenvalue weighted by Gasteiger charge is -2.13. The molecule has 54 valence electrons. The first-order valence-corrected chi connectivity index (χ1v) is 3.16. The standard InChI is InChI=1S/C8H11NO/c1-9(2)8-5-3-4-7(8)6-10/h3-6,10H,1-2H3/b7-6-. The molecule has 0 saturated carbocycles. The van der Waals surface area contributed by atoms with Gasteiger partial charge in [0.05, 0.1) is 6.26 Å². The fourth-order valence-electron chi connectivity index (χ4n) is 0.941. The second-order valence-electron chi connectivity index (χ2n) is 2.39. The molecule has 0 radical (unpaired) electrons. The van der Waals surface area contributed by atoms with Crippen LogP contribution in [0.25, 0.3) is 0 Å². The molecule has 0 fully saturated rings. The van der Waals surface area contributed by atoms with Gasteiger partial charge >= 0.3 is 0 Å². The Morgan fingerprint density at radius 1 is 1.50 bits per heavy atom. The van der Waals surface area contributed by atoms with E-state index in [0.29, 0.717) is 0 Å². The minimum atomic E-state index is 0.866. The lowest BCUT2D eigenvalue weighted by molar-refractivity contribution is 0.460. The predicted molar refractivity (Wildman–Crippen MR) is 41.6 cm³/mol. The van der Waals surface area contributed by atoms with Crippen molar-refractivity contribution in [2.75, 3.05) is 14.1 Å². The summed E-state index contributed by atoms with van der Waals surface area (Å²) >= 11 is 0. The Morgan fingerprint density at radius 2 is 2.20 bits per heavy atom. The van der Waals surface area contributed by atoms with Crippen LogP contribution in [-0.2, 0) is 0 Å². The van der Waals surface area contributed by atoms with Crippen molar-refractivity contribution in [3.63, 3.8) is 0 Å². The van der Waals surface area contributed by atoms with Gasteiger partial charge in [0.25, 0.3) is 0 Å². The summed E-state index contributed by atoms with van der Waals surface area (Å²) < 4.78 is 0. The van der Waals surface area contributed by atoms with Gasteiger partial charge in [0.2, 0.25) is 0 Å². The maximum atomic E-state index is 8.70. The summed E-state index contributed by atoms with van der Waals surface area (Å²) in [5, 5.41) is 8.70. The molecular formula is C8H11NO. The molecule has 0 saturated heterocycles. The zero-order valence-electron chi connectivity index (χ0n) is 6.20. The van der Waals surface area contributed by atoms with E-state index in [-0.39, 0.29) is 0 Å². The summed E-state index contributed by atoms with van der Waals surface area (Å²) in [7, 11) is 3.89. The van der Waals surface area contributed by atoms with E-state index in [2.05, 4.69) is 0 Å². The van der Waals surface area contributed by atoms with Crippen molar-refractivity contribution in [1.82, 2.24) is 4.90 Å². The van der Waals surface area contributed by atoms with Crippen molar-refractivity contribution in [2.24, 2.45) is 0 Å². The van der Waals surface area contributed by atoms with Crippen LogP contribution in [0.2, 0.25) is 0 Å². The molecule has 1 N–H and O–H groups in total. The van der Waals surface area contributed by atoms with Gasteiger partial charge in [0.15, 0.2) is 0 Å². The van der Waals surface area contributed by atoms with Gasteiger partial charge < -0.3 is 10.0 Å². The Morgan fingerprint density at radius 3 is 2.60 bits per heavy atom. The van der Waals surface area contributed by atoms with Crippen molar-refractivity contribution in [2.45, 2.75) is 0 Å². The molecule has 0 bridgehead atoms. The van der Waals surface area contributed by atoms with Gasteiger partial charge in [0, 0.05) is 25.4 Å². The van der Waals surface area contributed by atoms with Crippen LogP contribution in [0.3, 0.4) is 0 Å². The molecule has 0 unspecified atom stereocenters. The van der Waals surface area contributed by atoms with Crippen LogP contribution >= 0.6 is 0 Å². The minimum absolute atomic E-state index is 0.866. The van der Waals surface area contributed by atoms with Gasteiger partial charge in [-0.05, 0) is 12.2 Å². The number of allylic oxidation sites excluding steroid dienone is 3. The van der Waals surface area contributed by atoms with E-state index < -0.39 is 0 Å². The Balaban J connectivity index is 2.82. The quantitative estimate of drug-likeness (QED) is 0.553. The molecular weight excluding hydrogens is 126 g/mol. The van der Waals surface area contributed by atoms with Crippen LogP contribution < -0.4 is 0 Å². The highest BCUT2D eigenvalue weighted by molar-refractivity contribution is 5.46. The summed E-state index contributed by atoms with van der Waals surface area (Å²) in [6, 6.07) is 0. The molecule has 2 nitrogen and oxygen atoms in total. The van der Waals surface area contributed by atoms with Crippen molar-refractivity contribution < 1.29 is 5.11 Å². The number of aliphatic hydroxyl groups is 1. The fourth-order valence-corrected chi connectivity index (χ4v) is 0.941. The van der Waals surface area contributed by atoms with Crippen LogP contribution in [0.1, 0.15) is 0 Å². The van der Waals surface area contributed by atoms with Crippen LogP contribution in [-0.4, -0.2) is 24.1 Å². The fraction of sp³-hybridized carbons (Fsp3) is 0.250. The topological polar surface area (TPSA) is 23.5 Å². The SMILES string of the molecule is CN(C)C1=CC=C/C1=C/O. The van der Waals surface area contributed by atoms with Gasteiger partial charge in [-0.25, -0.2) is 0 Å². The molecule has 0 spiro atoms. The minimum Gasteiger partial charge on any atom is -0.515 e. The third kappa shape index (κ3) is 1.05. The molecule has 0 aromatic rings. The van der Waals surface area contributed by atoms with Crippen LogP contribution in [0.15, 0.2) is 35.8 Å². The molecule has 1 aliphatic carbocycles. The first kappa shape index (κ1) is 6.93. The summed E-state index contributed by atoms with van der Waals surface area (Å²) in [6.45, 7) is 0. The summed E-state index contributed by atoms with van der Waals surface area (Å²) in [5.74, 6) is 0. The Kier molecular flexibility index (Phi) is 1.81. The smallest absolute Gasteiger partial charge is 0.0884 e. The van der Waals surface area contributed by atoms with E-state index in [4.69, 9.17) is 5.11 Å². The number of rotatable bonds is 1. The highest BCUT2D eigenvalue weighted by Gasteiger charge is 2.06. The average Bonchev–Trinajstić information content (AvgIpc) is 2.33. The van der Waals surface area contributed by atoms with Crippen molar-refractivity contribution in [1.29, 1.82) is 0 Å². The van der Waals surface area contributed by atoms with Crippen molar-refractivity contribution >= 4 is 0 Å². The zero-order chi connectivity index (χ0) is 7.56. The van der Waals surface area contributed by atoms with Gasteiger partial charge in [-0.15, -0.1) is 0 Å². The number of likely N-dealkylation sites (N-methyl/N-ethyl adjacent to an activating group) is 1. The average molecular weight is 137 g/mol. The zero-order valence-corrected chi connectivity index (χ0v) is 6.20. The van der Waals surface area contributed by atoms with Crippen LogP contribution in [0, 0.1) is 0 Å². The molecule has 0 aromatic heterocycles. The number of nitrogens with zero attached hydrogens (tertiary/aromatic N) is 1. The molecule has 1 aliphatic rings. The first-order valence-electron chi connectivity index (χ1n) is 3.16. The van der Waals surface area contributed by atoms with E-state index in [1.165, 1.54) is 0 Å². The second-order valence-corrected chi connectivity index (χ2v) is 2.39. The molecule has 0 amide bonds. The Bertz CT molecular complexity index is 211. The van der Waals surface area contributed by atoms with Gasteiger partial charge in [0.1, 0.15) is 0 Å². The van der Waals surface area contributed by atoms with Gasteiger partial charge in [-0.2, -0.15) is 0 Å². The largest absolute Gasteiger partial charge is 0.515 e. The maximum absolute atomic E-state index is 8.70. The lowest BCUT2D eigenvalue weighted by Crippen LogP contribution is -2.10. The molecule has 0 aliphatic heterocycles. The Hall–Kier alpha value is -1.18. The van der Waals surface area contributed by atoms with Crippen LogP contribution in [0.5, 0.6) is 0 Å². The normalized spacial score (nSPS) is 19.8. The highest BCUT2D eigenvalue weighted by Crippen LogP contribution is 2.18. The first-order chi connectivity index (χ1) is 4.75. The highest BCUT2D eigenvalue weighted by atomic mass is 16.2. The van der Waals surface area contributed by atoms with E-state index in [1.807, 2.05) is 37.2 Å². The summed E-state index contributed by atoms with van der Waals surface area (Å²) in [4.78, 5) is 1.96. The van der Waals surface area contributed by atoms with E-state index in [1.54, 1.807) is 0 Å². The molecule has 0 atom stereocenters. The molecule has 2 heteroatoms. The molecule has 0 heterocycles. The van der Waals surface area contributed by atoms with Crippen molar-refractivity contribution in [3.8, 4) is 0 Å². The van der Waals surface area contributed by atoms with E-state index >= 15 is 0 Å². The molecule has 10 heavy (non-hydrogen) atoms. The lowest BCUT2D eigenvalue weighted by atomic mass is 10.2.